The van der Waals surface area contributed by atoms with Crippen LogP contribution in [-0.4, -0.2) is 29.0 Å². The van der Waals surface area contributed by atoms with Crippen molar-refractivity contribution in [1.29, 1.82) is 0 Å². The van der Waals surface area contributed by atoms with Gasteiger partial charge in [0, 0.05) is 31.1 Å². The minimum Gasteiger partial charge on any atom is -0.326 e. The Balaban J connectivity index is 0.00000120. The normalized spacial score (nSPS) is 17.9. The summed E-state index contributed by atoms with van der Waals surface area (Å²) >= 11 is 0. The third kappa shape index (κ3) is 4.47. The van der Waals surface area contributed by atoms with Crippen molar-refractivity contribution >= 4 is 48.1 Å². The SMILES string of the molecule is Cl.Cl.Cl.N[C@@H]1CCN(Cc2ccc3ccccc3n2)C1. The lowest BCUT2D eigenvalue weighted by atomic mass is 10.2. The first-order chi connectivity index (χ1) is 8.31. The van der Waals surface area contributed by atoms with Crippen LogP contribution in [-0.2, 0) is 6.54 Å². The van der Waals surface area contributed by atoms with Gasteiger partial charge in [0.1, 0.15) is 0 Å². The first kappa shape index (κ1) is 19.4. The van der Waals surface area contributed by atoms with Crippen molar-refractivity contribution in [3.63, 3.8) is 0 Å². The summed E-state index contributed by atoms with van der Waals surface area (Å²) in [5.74, 6) is 0. The highest BCUT2D eigenvalue weighted by Crippen LogP contribution is 2.15. The average molecular weight is 337 g/mol. The molecule has 1 aliphatic heterocycles. The van der Waals surface area contributed by atoms with Crippen molar-refractivity contribution in [1.82, 2.24) is 9.88 Å². The van der Waals surface area contributed by atoms with E-state index in [-0.39, 0.29) is 37.2 Å². The van der Waals surface area contributed by atoms with Crippen molar-refractivity contribution < 1.29 is 0 Å². The smallest absolute Gasteiger partial charge is 0.0705 e. The molecular formula is C14H20Cl3N3. The Kier molecular flexibility index (Phi) is 8.40. The molecule has 0 amide bonds. The molecule has 1 saturated heterocycles. The van der Waals surface area contributed by atoms with Crippen LogP contribution in [0.2, 0.25) is 0 Å². The highest BCUT2D eigenvalue weighted by Gasteiger charge is 2.19. The van der Waals surface area contributed by atoms with Crippen molar-refractivity contribution in [3.05, 3.63) is 42.1 Å². The molecule has 0 bridgehead atoms. The third-order valence-corrected chi connectivity index (χ3v) is 3.35. The van der Waals surface area contributed by atoms with Crippen LogP contribution >= 0.6 is 37.2 Å². The van der Waals surface area contributed by atoms with Crippen LogP contribution in [0.1, 0.15) is 12.1 Å². The predicted octanol–water partition coefficient (Wildman–Crippen LogP) is 3.03. The Morgan fingerprint density at radius 2 is 1.85 bits per heavy atom. The lowest BCUT2D eigenvalue weighted by Crippen LogP contribution is -2.26. The maximum Gasteiger partial charge on any atom is 0.0705 e. The van der Waals surface area contributed by atoms with Gasteiger partial charge in [-0.2, -0.15) is 0 Å². The number of halogens is 3. The van der Waals surface area contributed by atoms with Crippen molar-refractivity contribution in [2.75, 3.05) is 13.1 Å². The summed E-state index contributed by atoms with van der Waals surface area (Å²) in [5, 5.41) is 1.20. The van der Waals surface area contributed by atoms with Crippen LogP contribution in [0.25, 0.3) is 10.9 Å². The number of aromatic nitrogens is 1. The summed E-state index contributed by atoms with van der Waals surface area (Å²) in [6.45, 7) is 3.00. The molecule has 0 saturated carbocycles. The van der Waals surface area contributed by atoms with E-state index in [2.05, 4.69) is 34.1 Å². The molecule has 1 fully saturated rings. The van der Waals surface area contributed by atoms with E-state index in [0.29, 0.717) is 6.04 Å². The van der Waals surface area contributed by atoms with Crippen molar-refractivity contribution in [2.24, 2.45) is 5.73 Å². The molecule has 0 unspecified atom stereocenters. The molecule has 3 nitrogen and oxygen atoms in total. The topological polar surface area (TPSA) is 42.1 Å². The van der Waals surface area contributed by atoms with Crippen LogP contribution < -0.4 is 5.73 Å². The molecule has 2 N–H and O–H groups in total. The molecule has 20 heavy (non-hydrogen) atoms. The highest BCUT2D eigenvalue weighted by atomic mass is 35.5. The summed E-state index contributed by atoms with van der Waals surface area (Å²) in [5.41, 5.74) is 8.12. The molecular weight excluding hydrogens is 317 g/mol. The fraction of sp³-hybridized carbons (Fsp3) is 0.357. The van der Waals surface area contributed by atoms with Crippen molar-refractivity contribution in [2.45, 2.75) is 19.0 Å². The maximum absolute atomic E-state index is 5.91. The molecule has 0 radical (unpaired) electrons. The first-order valence-electron chi connectivity index (χ1n) is 6.14. The van der Waals surface area contributed by atoms with Crippen molar-refractivity contribution in [3.8, 4) is 0 Å². The first-order valence-corrected chi connectivity index (χ1v) is 6.14. The van der Waals surface area contributed by atoms with Gasteiger partial charge in [-0.1, -0.05) is 24.3 Å². The fourth-order valence-corrected chi connectivity index (χ4v) is 2.43. The van der Waals surface area contributed by atoms with Gasteiger partial charge < -0.3 is 5.73 Å². The van der Waals surface area contributed by atoms with E-state index in [0.717, 1.165) is 37.3 Å². The van der Waals surface area contributed by atoms with Crippen LogP contribution in [0.4, 0.5) is 0 Å². The van der Waals surface area contributed by atoms with Gasteiger partial charge in [0.15, 0.2) is 0 Å². The molecule has 0 spiro atoms. The summed E-state index contributed by atoms with van der Waals surface area (Å²) < 4.78 is 0. The van der Waals surface area contributed by atoms with Gasteiger partial charge in [0.25, 0.3) is 0 Å². The zero-order chi connectivity index (χ0) is 11.7. The number of fused-ring (bicyclic) bond motifs is 1. The summed E-state index contributed by atoms with van der Waals surface area (Å²) in [6.07, 6.45) is 1.10. The standard InChI is InChI=1S/C14H17N3.3ClH/c15-12-7-8-17(9-12)10-13-6-5-11-3-1-2-4-14(11)16-13;;;/h1-6,12H,7-10,15H2;3*1H/t12-;;;/m1.../s1. The van der Waals surface area contributed by atoms with E-state index in [9.17, 15) is 0 Å². The second-order valence-electron chi connectivity index (χ2n) is 4.78. The second-order valence-corrected chi connectivity index (χ2v) is 4.78. The Morgan fingerprint density at radius 3 is 2.55 bits per heavy atom. The summed E-state index contributed by atoms with van der Waals surface area (Å²) in [6, 6.07) is 12.8. The molecule has 3 rings (SSSR count). The number of rotatable bonds is 2. The maximum atomic E-state index is 5.91. The zero-order valence-electron chi connectivity index (χ0n) is 11.1. The van der Waals surface area contributed by atoms with Gasteiger partial charge in [-0.05, 0) is 18.6 Å². The molecule has 1 atom stereocenters. The van der Waals surface area contributed by atoms with E-state index in [1.54, 1.807) is 0 Å². The number of hydrogen-bond acceptors (Lipinski definition) is 3. The number of benzene rings is 1. The number of nitrogens with two attached hydrogens (primary N) is 1. The van der Waals surface area contributed by atoms with E-state index in [1.807, 2.05) is 12.1 Å². The second kappa shape index (κ2) is 8.65. The van der Waals surface area contributed by atoms with E-state index in [4.69, 9.17) is 5.73 Å². The molecule has 1 aromatic carbocycles. The summed E-state index contributed by atoms with van der Waals surface area (Å²) in [4.78, 5) is 7.06. The highest BCUT2D eigenvalue weighted by molar-refractivity contribution is 5.86. The van der Waals surface area contributed by atoms with Crippen LogP contribution in [0.3, 0.4) is 0 Å². The van der Waals surface area contributed by atoms with Gasteiger partial charge in [0.2, 0.25) is 0 Å². The minimum atomic E-state index is 0. The molecule has 1 aliphatic rings. The Hall–Kier alpha value is -0.580. The quantitative estimate of drug-likeness (QED) is 0.916. The zero-order valence-corrected chi connectivity index (χ0v) is 13.5. The number of para-hydroxylation sites is 1. The van der Waals surface area contributed by atoms with E-state index >= 15 is 0 Å². The van der Waals surface area contributed by atoms with Gasteiger partial charge in [-0.3, -0.25) is 9.88 Å². The largest absolute Gasteiger partial charge is 0.326 e. The predicted molar refractivity (Wildman–Crippen MR) is 91.4 cm³/mol. The molecule has 2 heterocycles. The third-order valence-electron chi connectivity index (χ3n) is 3.35. The Bertz CT molecular complexity index is 536. The van der Waals surface area contributed by atoms with Gasteiger partial charge in [-0.25, -0.2) is 0 Å². The minimum absolute atomic E-state index is 0. The molecule has 112 valence electrons. The van der Waals surface area contributed by atoms with Crippen LogP contribution in [0.15, 0.2) is 36.4 Å². The Labute approximate surface area is 138 Å². The van der Waals surface area contributed by atoms with E-state index in [1.165, 1.54) is 5.39 Å². The molecule has 1 aromatic heterocycles. The molecule has 2 aromatic rings. The Morgan fingerprint density at radius 1 is 1.10 bits per heavy atom. The van der Waals surface area contributed by atoms with Gasteiger partial charge in [-0.15, -0.1) is 37.2 Å². The van der Waals surface area contributed by atoms with Gasteiger partial charge >= 0.3 is 0 Å². The lowest BCUT2D eigenvalue weighted by molar-refractivity contribution is 0.323. The number of pyridine rings is 1. The number of hydrogen-bond donors (Lipinski definition) is 1. The lowest BCUT2D eigenvalue weighted by Gasteiger charge is -2.14. The van der Waals surface area contributed by atoms with E-state index < -0.39 is 0 Å². The van der Waals surface area contributed by atoms with Crippen LogP contribution in [0.5, 0.6) is 0 Å². The molecule has 0 aliphatic carbocycles. The molecule has 6 heteroatoms. The van der Waals surface area contributed by atoms with Crippen LogP contribution in [0, 0.1) is 0 Å². The number of nitrogens with zero attached hydrogens (tertiary/aromatic N) is 2. The monoisotopic (exact) mass is 335 g/mol. The number of likely N-dealkylation sites (tertiary alicyclic amines) is 1. The summed E-state index contributed by atoms with van der Waals surface area (Å²) in [7, 11) is 0. The van der Waals surface area contributed by atoms with Gasteiger partial charge in [0.05, 0.1) is 11.2 Å². The average Bonchev–Trinajstić information content (AvgIpc) is 2.75. The fourth-order valence-electron chi connectivity index (χ4n) is 2.43.